The normalized spacial score (nSPS) is 13.6. The van der Waals surface area contributed by atoms with Crippen LogP contribution in [0, 0.1) is 0 Å². The highest BCUT2D eigenvalue weighted by Gasteiger charge is 2.03. The molecule has 0 spiro atoms. The molecule has 0 aliphatic carbocycles. The summed E-state index contributed by atoms with van der Waals surface area (Å²) in [7, 11) is 0. The van der Waals surface area contributed by atoms with Gasteiger partial charge in [-0.2, -0.15) is 5.10 Å². The van der Waals surface area contributed by atoms with Crippen molar-refractivity contribution in [2.24, 2.45) is 0 Å². The number of nitrogens with one attached hydrogen (secondary N) is 1. The standard InChI is InChI=1S/C6H11N3/c1-3-5(2)6-7-4-8-9-6/h4-5H,3H2,1-2H3,(H,7,8,9)/t5-/m1/s1. The van der Waals surface area contributed by atoms with Crippen LogP contribution >= 0.6 is 0 Å². The van der Waals surface area contributed by atoms with Crippen molar-refractivity contribution >= 4 is 0 Å². The molecule has 0 saturated carbocycles. The van der Waals surface area contributed by atoms with Crippen LogP contribution in [0.15, 0.2) is 6.33 Å². The second-order valence-electron chi connectivity index (χ2n) is 2.18. The van der Waals surface area contributed by atoms with Gasteiger partial charge in [-0.25, -0.2) is 4.98 Å². The van der Waals surface area contributed by atoms with Crippen LogP contribution in [0.5, 0.6) is 0 Å². The first-order chi connectivity index (χ1) is 4.34. The third-order valence-corrected chi connectivity index (χ3v) is 1.51. The van der Waals surface area contributed by atoms with Gasteiger partial charge in [0.05, 0.1) is 0 Å². The summed E-state index contributed by atoms with van der Waals surface area (Å²) in [6, 6.07) is 0. The van der Waals surface area contributed by atoms with Gasteiger partial charge in [-0.1, -0.05) is 13.8 Å². The third kappa shape index (κ3) is 1.28. The van der Waals surface area contributed by atoms with E-state index in [0.29, 0.717) is 5.92 Å². The van der Waals surface area contributed by atoms with E-state index >= 15 is 0 Å². The Hall–Kier alpha value is -0.860. The van der Waals surface area contributed by atoms with Crippen molar-refractivity contribution in [1.29, 1.82) is 0 Å². The van der Waals surface area contributed by atoms with Crippen molar-refractivity contribution in [1.82, 2.24) is 15.2 Å². The highest BCUT2D eigenvalue weighted by atomic mass is 15.2. The molecule has 0 bridgehead atoms. The Morgan fingerprint density at radius 3 is 3.00 bits per heavy atom. The second-order valence-corrected chi connectivity index (χ2v) is 2.18. The maximum absolute atomic E-state index is 4.02. The lowest BCUT2D eigenvalue weighted by atomic mass is 10.1. The fourth-order valence-corrected chi connectivity index (χ4v) is 0.646. The van der Waals surface area contributed by atoms with Crippen LogP contribution in [0.3, 0.4) is 0 Å². The zero-order valence-electron chi connectivity index (χ0n) is 5.76. The van der Waals surface area contributed by atoms with E-state index in [9.17, 15) is 0 Å². The first-order valence-corrected chi connectivity index (χ1v) is 3.19. The number of aromatic nitrogens is 3. The quantitative estimate of drug-likeness (QED) is 0.647. The van der Waals surface area contributed by atoms with Crippen LogP contribution in [-0.4, -0.2) is 15.2 Å². The van der Waals surface area contributed by atoms with E-state index in [1.807, 2.05) is 0 Å². The van der Waals surface area contributed by atoms with Crippen molar-refractivity contribution in [2.75, 3.05) is 0 Å². The van der Waals surface area contributed by atoms with Gasteiger partial charge < -0.3 is 0 Å². The zero-order chi connectivity index (χ0) is 6.69. The van der Waals surface area contributed by atoms with Gasteiger partial charge in [0, 0.05) is 5.92 Å². The smallest absolute Gasteiger partial charge is 0.137 e. The van der Waals surface area contributed by atoms with Gasteiger partial charge in [-0.05, 0) is 6.42 Å². The molecule has 1 atom stereocenters. The molecule has 3 heteroatoms. The SMILES string of the molecule is CC[C@@H](C)c1ncn[nH]1. The molecule has 1 aromatic rings. The largest absolute Gasteiger partial charge is 0.263 e. The molecule has 0 unspecified atom stereocenters. The van der Waals surface area contributed by atoms with Crippen LogP contribution in [-0.2, 0) is 0 Å². The molecule has 0 saturated heterocycles. The van der Waals surface area contributed by atoms with E-state index in [4.69, 9.17) is 0 Å². The minimum atomic E-state index is 0.507. The number of rotatable bonds is 2. The highest BCUT2D eigenvalue weighted by Crippen LogP contribution is 2.11. The lowest BCUT2D eigenvalue weighted by Gasteiger charge is -2.00. The monoisotopic (exact) mass is 125 g/mol. The number of nitrogens with zero attached hydrogens (tertiary/aromatic N) is 2. The predicted molar refractivity (Wildman–Crippen MR) is 35.1 cm³/mol. The number of hydrogen-bond acceptors (Lipinski definition) is 2. The van der Waals surface area contributed by atoms with Crippen molar-refractivity contribution in [3.05, 3.63) is 12.2 Å². The molecule has 9 heavy (non-hydrogen) atoms. The Balaban J connectivity index is 2.65. The molecule has 1 aromatic heterocycles. The third-order valence-electron chi connectivity index (χ3n) is 1.51. The summed E-state index contributed by atoms with van der Waals surface area (Å²) in [5.41, 5.74) is 0. The van der Waals surface area contributed by atoms with Crippen molar-refractivity contribution < 1.29 is 0 Å². The van der Waals surface area contributed by atoms with Gasteiger partial charge in [0.1, 0.15) is 12.2 Å². The highest BCUT2D eigenvalue weighted by molar-refractivity contribution is 4.88. The summed E-state index contributed by atoms with van der Waals surface area (Å²) in [6.07, 6.45) is 2.65. The summed E-state index contributed by atoms with van der Waals surface area (Å²) in [6.45, 7) is 4.26. The molecule has 3 nitrogen and oxygen atoms in total. The maximum atomic E-state index is 4.02. The summed E-state index contributed by atoms with van der Waals surface area (Å²) >= 11 is 0. The van der Waals surface area contributed by atoms with E-state index in [1.165, 1.54) is 0 Å². The van der Waals surface area contributed by atoms with E-state index in [2.05, 4.69) is 29.0 Å². The minimum absolute atomic E-state index is 0.507. The maximum Gasteiger partial charge on any atom is 0.137 e. The molecular formula is C6H11N3. The molecule has 0 amide bonds. The van der Waals surface area contributed by atoms with Gasteiger partial charge in [0.15, 0.2) is 0 Å². The first-order valence-electron chi connectivity index (χ1n) is 3.19. The molecule has 0 radical (unpaired) electrons. The summed E-state index contributed by atoms with van der Waals surface area (Å²) in [4.78, 5) is 4.02. The molecule has 0 aliphatic rings. The summed E-state index contributed by atoms with van der Waals surface area (Å²) < 4.78 is 0. The number of aromatic amines is 1. The van der Waals surface area contributed by atoms with Gasteiger partial charge in [0.2, 0.25) is 0 Å². The predicted octanol–water partition coefficient (Wildman–Crippen LogP) is 1.32. The Bertz CT molecular complexity index is 157. The second kappa shape index (κ2) is 2.62. The van der Waals surface area contributed by atoms with E-state index < -0.39 is 0 Å². The van der Waals surface area contributed by atoms with E-state index in [1.54, 1.807) is 6.33 Å². The van der Waals surface area contributed by atoms with Gasteiger partial charge in [0.25, 0.3) is 0 Å². The molecule has 0 fully saturated rings. The number of hydrogen-bond donors (Lipinski definition) is 1. The Labute approximate surface area is 54.5 Å². The molecular weight excluding hydrogens is 114 g/mol. The first kappa shape index (κ1) is 6.26. The molecule has 1 rings (SSSR count). The van der Waals surface area contributed by atoms with Crippen LogP contribution in [0.25, 0.3) is 0 Å². The Morgan fingerprint density at radius 1 is 1.78 bits per heavy atom. The van der Waals surface area contributed by atoms with Crippen LogP contribution in [0.4, 0.5) is 0 Å². The van der Waals surface area contributed by atoms with Gasteiger partial charge in [-0.15, -0.1) is 0 Å². The minimum Gasteiger partial charge on any atom is -0.263 e. The van der Waals surface area contributed by atoms with Crippen molar-refractivity contribution in [3.8, 4) is 0 Å². The van der Waals surface area contributed by atoms with Crippen molar-refractivity contribution in [3.63, 3.8) is 0 Å². The lowest BCUT2D eigenvalue weighted by Crippen LogP contribution is -1.93. The lowest BCUT2D eigenvalue weighted by molar-refractivity contribution is 0.682. The zero-order valence-corrected chi connectivity index (χ0v) is 5.76. The van der Waals surface area contributed by atoms with Crippen LogP contribution in [0.1, 0.15) is 32.0 Å². The Kier molecular flexibility index (Phi) is 1.82. The van der Waals surface area contributed by atoms with Crippen molar-refractivity contribution in [2.45, 2.75) is 26.2 Å². The topological polar surface area (TPSA) is 41.6 Å². The van der Waals surface area contributed by atoms with E-state index in [0.717, 1.165) is 12.2 Å². The molecule has 1 heterocycles. The number of H-pyrrole nitrogens is 1. The van der Waals surface area contributed by atoms with E-state index in [-0.39, 0.29) is 0 Å². The molecule has 0 aromatic carbocycles. The van der Waals surface area contributed by atoms with Crippen LogP contribution in [0.2, 0.25) is 0 Å². The molecule has 50 valence electrons. The average Bonchev–Trinajstić information content (AvgIpc) is 2.37. The molecule has 0 aliphatic heterocycles. The molecule has 1 N–H and O–H groups in total. The van der Waals surface area contributed by atoms with Crippen LogP contribution < -0.4 is 0 Å². The fourth-order valence-electron chi connectivity index (χ4n) is 0.646. The summed E-state index contributed by atoms with van der Waals surface area (Å²) in [5.74, 6) is 1.49. The Morgan fingerprint density at radius 2 is 2.56 bits per heavy atom. The van der Waals surface area contributed by atoms with Gasteiger partial charge in [-0.3, -0.25) is 5.10 Å². The average molecular weight is 125 g/mol. The summed E-state index contributed by atoms with van der Waals surface area (Å²) in [5, 5.41) is 6.58. The van der Waals surface area contributed by atoms with Gasteiger partial charge >= 0.3 is 0 Å². The fraction of sp³-hybridized carbons (Fsp3) is 0.667.